The number of carboxylic acid groups (broad SMARTS) is 1. The van der Waals surface area contributed by atoms with Gasteiger partial charge in [0.25, 0.3) is 11.8 Å². The number of methoxy groups -OCH3 is 2. The third kappa shape index (κ3) is 22.9. The second-order valence-electron chi connectivity index (χ2n) is 25.5. The minimum Gasteiger partial charge on any atom is -0.480 e. The number of nitrogens with one attached hydrogen (secondary N) is 6. The molecule has 2 aliphatic heterocycles. The average Bonchev–Trinajstić information content (AvgIpc) is 1.23. The molecule has 26 nitrogen and oxygen atoms in total. The first-order chi connectivity index (χ1) is 44.4. The van der Waals surface area contributed by atoms with E-state index in [0.717, 1.165) is 15.4 Å². The third-order valence-corrected chi connectivity index (χ3v) is 18.2. The van der Waals surface area contributed by atoms with Crippen molar-refractivity contribution in [2.24, 2.45) is 29.4 Å². The molecule has 2 aliphatic rings. The number of carboxylic acids is 1. The Hall–Kier alpha value is -8.04. The zero-order valence-corrected chi connectivity index (χ0v) is 57.6. The highest BCUT2D eigenvalue weighted by Crippen LogP contribution is 2.31. The van der Waals surface area contributed by atoms with E-state index in [2.05, 4.69) is 31.9 Å². The van der Waals surface area contributed by atoms with Crippen molar-refractivity contribution < 1.29 is 72.1 Å². The van der Waals surface area contributed by atoms with E-state index < -0.39 is 113 Å². The highest BCUT2D eigenvalue weighted by molar-refractivity contribution is 7.80. The van der Waals surface area contributed by atoms with Crippen molar-refractivity contribution >= 4 is 88.2 Å². The molecule has 0 spiro atoms. The molecule has 10 unspecified atom stereocenters. The molecule has 0 aliphatic carbocycles. The van der Waals surface area contributed by atoms with E-state index in [0.29, 0.717) is 61.3 Å². The first-order valence-electron chi connectivity index (χ1n) is 32.3. The summed E-state index contributed by atoms with van der Waals surface area (Å²) in [5.41, 5.74) is 5.36. The molecule has 1 fully saturated rings. The van der Waals surface area contributed by atoms with Crippen LogP contribution in [-0.2, 0) is 70.4 Å². The lowest BCUT2D eigenvalue weighted by atomic mass is 9.89. The number of anilines is 1. The number of primary amides is 1. The van der Waals surface area contributed by atoms with Crippen LogP contribution in [0.1, 0.15) is 138 Å². The molecule has 27 heteroatoms. The fourth-order valence-electron chi connectivity index (χ4n) is 11.5. The molecule has 94 heavy (non-hydrogen) atoms. The van der Waals surface area contributed by atoms with Gasteiger partial charge in [-0.15, -0.1) is 0 Å². The molecular formula is C67H101N11O15S. The van der Waals surface area contributed by atoms with Crippen molar-refractivity contribution in [1.29, 1.82) is 0 Å². The van der Waals surface area contributed by atoms with E-state index in [-0.39, 0.29) is 81.4 Å². The average molecular weight is 1330 g/mol. The van der Waals surface area contributed by atoms with Crippen LogP contribution in [0, 0.1) is 23.7 Å². The quantitative estimate of drug-likeness (QED) is 0.0243. The Morgan fingerprint density at radius 3 is 1.99 bits per heavy atom. The minimum atomic E-state index is -1.55. The third-order valence-electron chi connectivity index (χ3n) is 17.7. The van der Waals surface area contributed by atoms with Crippen LogP contribution in [0.3, 0.4) is 0 Å². The maximum absolute atomic E-state index is 14.8. The molecule has 0 saturated carbocycles. The van der Waals surface area contributed by atoms with Crippen LogP contribution in [0.25, 0.3) is 0 Å². The number of imide groups is 1. The number of amides is 11. The Bertz CT molecular complexity index is 2950. The Kier molecular flexibility index (Phi) is 31.5. The van der Waals surface area contributed by atoms with E-state index in [9.17, 15) is 57.8 Å². The smallest absolute Gasteiger partial charge is 0.410 e. The highest BCUT2D eigenvalue weighted by Gasteiger charge is 2.45. The molecule has 2 heterocycles. The monoisotopic (exact) mass is 1330 g/mol. The van der Waals surface area contributed by atoms with Gasteiger partial charge in [-0.3, -0.25) is 48.2 Å². The number of hydrogen-bond acceptors (Lipinski definition) is 15. The van der Waals surface area contributed by atoms with Crippen LogP contribution in [0.4, 0.5) is 15.3 Å². The first-order valence-corrected chi connectivity index (χ1v) is 32.8. The van der Waals surface area contributed by atoms with E-state index in [1.54, 1.807) is 71.0 Å². The van der Waals surface area contributed by atoms with Gasteiger partial charge in [0.15, 0.2) is 0 Å². The molecule has 0 bridgehead atoms. The fourth-order valence-corrected chi connectivity index (χ4v) is 11.7. The lowest BCUT2D eigenvalue weighted by Gasteiger charge is -2.41. The van der Waals surface area contributed by atoms with Crippen LogP contribution in [0.2, 0.25) is 0 Å². The predicted octanol–water partition coefficient (Wildman–Crippen LogP) is 5.21. The number of likely N-dealkylation sites (tertiary alicyclic amines) is 1. The highest BCUT2D eigenvalue weighted by atomic mass is 32.1. The Balaban J connectivity index is 1.36. The molecule has 2 aromatic carbocycles. The van der Waals surface area contributed by atoms with E-state index in [1.807, 2.05) is 51.1 Å². The first kappa shape index (κ1) is 78.4. The number of hydrogen-bond donors (Lipinski definition) is 8. The number of ether oxygens (including phenoxy) is 3. The SMILES string of the molecule is CCC(C)C(C(CC(=O)N1CCCC1C(OC)C(C)C(=S)NC(Cc1ccccc1)C(=O)O)OC)N(C)C(=O)C(NC(=O)C(C)(C)N(C)C(=O)OCc1ccc(NC(=O)C(CCCNC(N)=O)NC(=O)C(NC(=O)CCCCCN2C(=O)C=CC2=O)C(C)C)cc1)C(C)C. The molecule has 2 aromatic rings. The number of carbonyl (C=O) groups is 11. The summed E-state index contributed by atoms with van der Waals surface area (Å²) in [5.74, 6) is -6.15. The number of likely N-dealkylation sites (N-methyl/N-ethyl adjacent to an activating group) is 2. The summed E-state index contributed by atoms with van der Waals surface area (Å²) < 4.78 is 17.8. The van der Waals surface area contributed by atoms with Gasteiger partial charge in [0, 0.05) is 84.5 Å². The largest absolute Gasteiger partial charge is 0.480 e. The number of aliphatic carboxylic acids is 1. The van der Waals surface area contributed by atoms with Crippen molar-refractivity contribution in [3.8, 4) is 0 Å². The molecule has 4 rings (SSSR count). The van der Waals surface area contributed by atoms with E-state index in [4.69, 9.17) is 32.2 Å². The number of unbranched alkanes of at least 4 members (excludes halogenated alkanes) is 2. The van der Waals surface area contributed by atoms with Gasteiger partial charge in [-0.2, -0.15) is 0 Å². The zero-order valence-electron chi connectivity index (χ0n) is 56.8. The van der Waals surface area contributed by atoms with Crippen molar-refractivity contribution in [1.82, 2.24) is 46.2 Å². The fraction of sp³-hybridized carbons (Fsp3) is 0.612. The predicted molar refractivity (Wildman–Crippen MR) is 357 cm³/mol. The maximum Gasteiger partial charge on any atom is 0.410 e. The summed E-state index contributed by atoms with van der Waals surface area (Å²) in [7, 11) is 6.07. The number of carbonyl (C=O) groups excluding carboxylic acids is 10. The standard InChI is InChI=1S/C67H101N11O15S/c1-14-42(6)57(50(91-12)38-54(82)77-36-22-26-49(77)58(92-13)43(7)61(94)72-48(63(86)87)37-44-23-17-15-18-24-44)75(10)62(85)56(41(4)5)74-64(88)67(8,9)76(11)66(90)93-39-45-28-30-46(31-29-45)70-59(83)47(25-21-34-69-65(68)89)71-60(84)55(40(2)3)73-51(79)27-19-16-20-35-78-52(80)32-33-53(78)81/h15,17-18,23-24,28-33,40-43,47-50,55-58H,14,16,19-22,25-27,34-39H2,1-13H3,(H,70,83)(H,71,84)(H,72,94)(H,73,79)(H,74,88)(H,86,87)(H3,68,69,89). The van der Waals surface area contributed by atoms with Gasteiger partial charge in [0.05, 0.1) is 35.7 Å². The van der Waals surface area contributed by atoms with Crippen molar-refractivity contribution in [3.05, 3.63) is 77.9 Å². The van der Waals surface area contributed by atoms with Gasteiger partial charge in [-0.1, -0.05) is 116 Å². The Morgan fingerprint density at radius 1 is 0.777 bits per heavy atom. The molecule has 11 amide bonds. The Morgan fingerprint density at radius 2 is 1.41 bits per heavy atom. The van der Waals surface area contributed by atoms with Crippen LogP contribution in [-0.4, -0.2) is 197 Å². The van der Waals surface area contributed by atoms with Gasteiger partial charge in [-0.05, 0) is 93.4 Å². The van der Waals surface area contributed by atoms with Gasteiger partial charge < -0.3 is 66.8 Å². The van der Waals surface area contributed by atoms with Crippen molar-refractivity contribution in [3.63, 3.8) is 0 Å². The molecule has 1 saturated heterocycles. The van der Waals surface area contributed by atoms with E-state index >= 15 is 0 Å². The molecule has 10 atom stereocenters. The summed E-state index contributed by atoms with van der Waals surface area (Å²) in [4.78, 5) is 151. The van der Waals surface area contributed by atoms with Gasteiger partial charge in [0.2, 0.25) is 35.4 Å². The number of urea groups is 1. The Labute approximate surface area is 558 Å². The lowest BCUT2D eigenvalue weighted by Crippen LogP contribution is -2.62. The minimum absolute atomic E-state index is 0.0818. The van der Waals surface area contributed by atoms with Crippen molar-refractivity contribution in [2.45, 2.75) is 194 Å². The summed E-state index contributed by atoms with van der Waals surface area (Å²) in [5, 5.41) is 26.8. The second kappa shape index (κ2) is 37.7. The van der Waals surface area contributed by atoms with Crippen molar-refractivity contribution in [2.75, 3.05) is 53.3 Å². The van der Waals surface area contributed by atoms with Crippen LogP contribution >= 0.6 is 12.2 Å². The van der Waals surface area contributed by atoms with Gasteiger partial charge >= 0.3 is 18.1 Å². The number of thiocarbonyl (C=S) groups is 1. The van der Waals surface area contributed by atoms with Crippen LogP contribution in [0.15, 0.2) is 66.7 Å². The number of rotatable bonds is 38. The van der Waals surface area contributed by atoms with Gasteiger partial charge in [0.1, 0.15) is 36.3 Å². The lowest BCUT2D eigenvalue weighted by molar-refractivity contribution is -0.147. The van der Waals surface area contributed by atoms with E-state index in [1.165, 1.54) is 45.1 Å². The molecule has 0 aromatic heterocycles. The molecular weight excluding hydrogens is 1230 g/mol. The zero-order chi connectivity index (χ0) is 70.1. The summed E-state index contributed by atoms with van der Waals surface area (Å²) in [6.45, 7) is 16.4. The molecule has 9 N–H and O–H groups in total. The topological polar surface area (TPSA) is 347 Å². The maximum atomic E-state index is 14.8. The van der Waals surface area contributed by atoms with Crippen LogP contribution < -0.4 is 37.6 Å². The van der Waals surface area contributed by atoms with Gasteiger partial charge in [-0.25, -0.2) is 14.4 Å². The van der Waals surface area contributed by atoms with Crippen LogP contribution in [0.5, 0.6) is 0 Å². The number of nitrogens with two attached hydrogens (primary N) is 1. The summed E-state index contributed by atoms with van der Waals surface area (Å²) in [6.07, 6.45) is 4.19. The second-order valence-corrected chi connectivity index (χ2v) is 25.9. The normalized spacial score (nSPS) is 16.8. The number of nitrogens with zero attached hydrogens (tertiary/aromatic N) is 4. The molecule has 0 radical (unpaired) electrons. The number of benzene rings is 2. The summed E-state index contributed by atoms with van der Waals surface area (Å²) >= 11 is 5.79. The summed E-state index contributed by atoms with van der Waals surface area (Å²) in [6, 6.07) is 9.62. The molecule has 520 valence electrons.